The molecule has 0 aliphatic carbocycles. The van der Waals surface area contributed by atoms with Gasteiger partial charge in [-0.2, -0.15) is 0 Å². The van der Waals surface area contributed by atoms with Crippen molar-refractivity contribution in [1.29, 1.82) is 0 Å². The molecule has 7 nitrogen and oxygen atoms in total. The molecule has 1 heterocycles. The Labute approximate surface area is 151 Å². The highest BCUT2D eigenvalue weighted by Gasteiger charge is 2.19. The predicted molar refractivity (Wildman–Crippen MR) is 98.0 cm³/mol. The van der Waals surface area contributed by atoms with Crippen molar-refractivity contribution in [3.8, 4) is 5.75 Å². The first kappa shape index (κ1) is 19.2. The summed E-state index contributed by atoms with van der Waals surface area (Å²) in [4.78, 5) is 39.6. The van der Waals surface area contributed by atoms with Gasteiger partial charge < -0.3 is 19.8 Å². The van der Waals surface area contributed by atoms with Gasteiger partial charge in [0.25, 0.3) is 11.5 Å². The molecule has 0 unspecified atom stereocenters. The average Bonchev–Trinajstić information content (AvgIpc) is 2.62. The van der Waals surface area contributed by atoms with Gasteiger partial charge in [-0.3, -0.25) is 9.59 Å². The summed E-state index contributed by atoms with van der Waals surface area (Å²) in [5.41, 5.74) is 0.479. The number of aromatic amines is 1. The Hall–Kier alpha value is -3.09. The predicted octanol–water partition coefficient (Wildman–Crippen LogP) is 2.77. The van der Waals surface area contributed by atoms with Gasteiger partial charge in [0.1, 0.15) is 11.3 Å². The van der Waals surface area contributed by atoms with Crippen molar-refractivity contribution >= 4 is 17.6 Å². The third-order valence-electron chi connectivity index (χ3n) is 3.71. The number of methoxy groups -OCH3 is 1. The largest absolute Gasteiger partial charge is 0.497 e. The number of benzene rings is 1. The van der Waals surface area contributed by atoms with Crippen molar-refractivity contribution in [2.24, 2.45) is 0 Å². The Morgan fingerprint density at radius 3 is 2.38 bits per heavy atom. The number of H-pyrrole nitrogens is 1. The van der Waals surface area contributed by atoms with Gasteiger partial charge >= 0.3 is 5.97 Å². The number of pyridine rings is 1. The van der Waals surface area contributed by atoms with E-state index in [9.17, 15) is 14.4 Å². The summed E-state index contributed by atoms with van der Waals surface area (Å²) in [5, 5.41) is 2.63. The number of anilines is 1. The molecule has 0 radical (unpaired) electrons. The number of aromatic nitrogens is 1. The van der Waals surface area contributed by atoms with Gasteiger partial charge in [0, 0.05) is 11.4 Å². The molecular formula is C19H22N2O5. The fourth-order valence-corrected chi connectivity index (χ4v) is 2.45. The maximum atomic E-state index is 12.5. The minimum Gasteiger partial charge on any atom is -0.497 e. The van der Waals surface area contributed by atoms with E-state index in [0.717, 1.165) is 6.42 Å². The summed E-state index contributed by atoms with van der Waals surface area (Å²) in [6.45, 7) is 3.83. The van der Waals surface area contributed by atoms with Gasteiger partial charge in [-0.15, -0.1) is 0 Å². The van der Waals surface area contributed by atoms with Crippen molar-refractivity contribution in [3.63, 3.8) is 0 Å². The molecule has 0 saturated carbocycles. The monoisotopic (exact) mass is 358 g/mol. The molecule has 26 heavy (non-hydrogen) atoms. The molecule has 2 aromatic rings. The van der Waals surface area contributed by atoms with Gasteiger partial charge in [-0.1, -0.05) is 13.3 Å². The van der Waals surface area contributed by atoms with Crippen molar-refractivity contribution in [2.75, 3.05) is 19.0 Å². The average molecular weight is 358 g/mol. The summed E-state index contributed by atoms with van der Waals surface area (Å²) >= 11 is 0. The normalized spacial score (nSPS) is 10.3. The second-order valence-corrected chi connectivity index (χ2v) is 5.56. The van der Waals surface area contributed by atoms with Crippen LogP contribution in [0.15, 0.2) is 35.1 Å². The van der Waals surface area contributed by atoms with E-state index in [1.807, 2.05) is 6.92 Å². The van der Waals surface area contributed by atoms with Crippen molar-refractivity contribution in [1.82, 2.24) is 4.98 Å². The van der Waals surface area contributed by atoms with E-state index in [1.165, 1.54) is 6.07 Å². The van der Waals surface area contributed by atoms with Crippen LogP contribution < -0.4 is 15.6 Å². The Morgan fingerprint density at radius 1 is 1.12 bits per heavy atom. The van der Waals surface area contributed by atoms with Crippen LogP contribution in [0.1, 0.15) is 46.7 Å². The number of hydrogen-bond donors (Lipinski definition) is 2. The number of ether oxygens (including phenoxy) is 2. The Morgan fingerprint density at radius 2 is 1.81 bits per heavy atom. The second-order valence-electron chi connectivity index (χ2n) is 5.56. The molecule has 2 N–H and O–H groups in total. The van der Waals surface area contributed by atoms with E-state index in [0.29, 0.717) is 23.6 Å². The lowest BCUT2D eigenvalue weighted by Gasteiger charge is -2.11. The number of rotatable bonds is 7. The zero-order valence-electron chi connectivity index (χ0n) is 15.0. The molecule has 0 aliphatic heterocycles. The van der Waals surface area contributed by atoms with Crippen LogP contribution >= 0.6 is 0 Å². The molecule has 0 bridgehead atoms. The van der Waals surface area contributed by atoms with Crippen molar-refractivity contribution < 1.29 is 19.1 Å². The molecule has 1 aromatic heterocycles. The number of aryl methyl sites for hydroxylation is 1. The molecule has 1 aromatic carbocycles. The SMILES string of the molecule is CCCc1[nH]c(=O)c(C(=O)Nc2ccc(OC)cc2)cc1C(=O)OCC. The quantitative estimate of drug-likeness (QED) is 0.742. The van der Waals surface area contributed by atoms with Crippen LogP contribution in [0.2, 0.25) is 0 Å². The Kier molecular flexibility index (Phi) is 6.54. The van der Waals surface area contributed by atoms with Crippen LogP contribution in [-0.4, -0.2) is 30.6 Å². The maximum Gasteiger partial charge on any atom is 0.339 e. The lowest BCUT2D eigenvalue weighted by Crippen LogP contribution is -2.26. The minimum atomic E-state index is -0.606. The molecule has 0 aliphatic rings. The highest BCUT2D eigenvalue weighted by atomic mass is 16.5. The third kappa shape index (κ3) is 4.50. The van der Waals surface area contributed by atoms with Gasteiger partial charge in [-0.25, -0.2) is 4.79 Å². The Bertz CT molecular complexity index is 840. The topological polar surface area (TPSA) is 97.5 Å². The minimum absolute atomic E-state index is 0.149. The summed E-state index contributed by atoms with van der Waals surface area (Å²) < 4.78 is 10.1. The van der Waals surface area contributed by atoms with Crippen LogP contribution in [0.5, 0.6) is 5.75 Å². The number of hydrogen-bond acceptors (Lipinski definition) is 5. The van der Waals surface area contributed by atoms with Crippen LogP contribution in [0, 0.1) is 0 Å². The standard InChI is InChI=1S/C19H22N2O5/c1-4-6-16-14(19(24)26-5-2)11-15(18(23)21-16)17(22)20-12-7-9-13(25-3)10-8-12/h7-11H,4-6H2,1-3H3,(H,20,22)(H,21,23). The number of nitrogens with one attached hydrogen (secondary N) is 2. The summed E-state index contributed by atoms with van der Waals surface area (Å²) in [6, 6.07) is 7.98. The lowest BCUT2D eigenvalue weighted by molar-refractivity contribution is 0.0524. The van der Waals surface area contributed by atoms with Crippen molar-refractivity contribution in [2.45, 2.75) is 26.7 Å². The summed E-state index contributed by atoms with van der Waals surface area (Å²) in [5.74, 6) is -0.523. The van der Waals surface area contributed by atoms with Gasteiger partial charge in [-0.05, 0) is 43.7 Å². The first-order chi connectivity index (χ1) is 12.5. The van der Waals surface area contributed by atoms with Gasteiger partial charge in [0.15, 0.2) is 0 Å². The van der Waals surface area contributed by atoms with E-state index in [4.69, 9.17) is 9.47 Å². The molecule has 2 rings (SSSR count). The zero-order valence-corrected chi connectivity index (χ0v) is 15.0. The third-order valence-corrected chi connectivity index (χ3v) is 3.71. The van der Waals surface area contributed by atoms with Crippen molar-refractivity contribution in [3.05, 3.63) is 57.5 Å². The first-order valence-electron chi connectivity index (χ1n) is 8.38. The molecule has 0 saturated heterocycles. The molecule has 0 fully saturated rings. The fraction of sp³-hybridized carbons (Fsp3) is 0.316. The first-order valence-corrected chi connectivity index (χ1v) is 8.38. The molecule has 0 spiro atoms. The van der Waals surface area contributed by atoms with Gasteiger partial charge in [0.2, 0.25) is 0 Å². The second kappa shape index (κ2) is 8.84. The zero-order chi connectivity index (χ0) is 19.1. The number of carbonyl (C=O) groups excluding carboxylic acids is 2. The van der Waals surface area contributed by atoms with Crippen LogP contribution in [0.25, 0.3) is 0 Å². The maximum absolute atomic E-state index is 12.5. The van der Waals surface area contributed by atoms with Crippen LogP contribution in [0.4, 0.5) is 5.69 Å². The molecule has 138 valence electrons. The molecule has 1 amide bonds. The fourth-order valence-electron chi connectivity index (χ4n) is 2.45. The summed E-state index contributed by atoms with van der Waals surface area (Å²) in [6.07, 6.45) is 1.24. The van der Waals surface area contributed by atoms with Crippen LogP contribution in [-0.2, 0) is 11.2 Å². The lowest BCUT2D eigenvalue weighted by atomic mass is 10.1. The van der Waals surface area contributed by atoms with Gasteiger partial charge in [0.05, 0.1) is 19.3 Å². The smallest absolute Gasteiger partial charge is 0.339 e. The van der Waals surface area contributed by atoms with E-state index in [-0.39, 0.29) is 17.7 Å². The van der Waals surface area contributed by atoms with E-state index >= 15 is 0 Å². The number of amides is 1. The molecular weight excluding hydrogens is 336 g/mol. The molecule has 0 atom stereocenters. The number of carbonyl (C=O) groups is 2. The molecule has 7 heteroatoms. The number of esters is 1. The highest BCUT2D eigenvalue weighted by Crippen LogP contribution is 2.16. The highest BCUT2D eigenvalue weighted by molar-refractivity contribution is 6.05. The van der Waals surface area contributed by atoms with Crippen LogP contribution in [0.3, 0.4) is 0 Å². The summed E-state index contributed by atoms with van der Waals surface area (Å²) in [7, 11) is 1.54. The van der Waals surface area contributed by atoms with E-state index < -0.39 is 17.4 Å². The van der Waals surface area contributed by atoms with E-state index in [1.54, 1.807) is 38.3 Å². The van der Waals surface area contributed by atoms with E-state index in [2.05, 4.69) is 10.3 Å². The Balaban J connectivity index is 2.34.